The Kier molecular flexibility index (Phi) is 3.83. The molecule has 140 valence electrons. The lowest BCUT2D eigenvalue weighted by Gasteiger charge is -2.21. The van der Waals surface area contributed by atoms with E-state index in [0.717, 1.165) is 41.4 Å². The molecule has 2 aliphatic rings. The third-order valence-corrected chi connectivity index (χ3v) is 6.13. The van der Waals surface area contributed by atoms with Crippen LogP contribution in [0, 0.1) is 11.5 Å². The maximum absolute atomic E-state index is 12.9. The average molecular weight is 371 g/mol. The lowest BCUT2D eigenvalue weighted by atomic mass is 9.95. The smallest absolute Gasteiger partial charge is 0.251 e. The summed E-state index contributed by atoms with van der Waals surface area (Å²) in [7, 11) is 1.90. The molecule has 2 bridgehead atoms. The Morgan fingerprint density at radius 1 is 1.21 bits per heavy atom. The van der Waals surface area contributed by atoms with E-state index in [1.165, 1.54) is 0 Å². The van der Waals surface area contributed by atoms with Gasteiger partial charge in [-0.2, -0.15) is 10.4 Å². The zero-order chi connectivity index (χ0) is 19.3. The van der Waals surface area contributed by atoms with Gasteiger partial charge in [-0.15, -0.1) is 0 Å². The number of nitrogens with one attached hydrogen (secondary N) is 1. The Morgan fingerprint density at radius 3 is 2.79 bits per heavy atom. The van der Waals surface area contributed by atoms with Gasteiger partial charge in [0.25, 0.3) is 5.91 Å². The van der Waals surface area contributed by atoms with Crippen LogP contribution in [0.4, 0.5) is 0 Å². The van der Waals surface area contributed by atoms with E-state index in [9.17, 15) is 10.1 Å². The van der Waals surface area contributed by atoms with Gasteiger partial charge in [-0.1, -0.05) is 30.3 Å². The Labute approximate surface area is 163 Å². The van der Waals surface area contributed by atoms with Crippen molar-refractivity contribution >= 4 is 16.8 Å². The van der Waals surface area contributed by atoms with E-state index >= 15 is 0 Å². The zero-order valence-corrected chi connectivity index (χ0v) is 15.7. The van der Waals surface area contributed by atoms with Crippen LogP contribution in [0.25, 0.3) is 22.2 Å². The minimum Gasteiger partial charge on any atom is -0.347 e. The number of carbonyl (C=O) groups excluding carboxylic acids is 1. The molecule has 5 rings (SSSR count). The summed E-state index contributed by atoms with van der Waals surface area (Å²) < 4.78 is 1.82. The predicted molar refractivity (Wildman–Crippen MR) is 106 cm³/mol. The molecule has 2 aliphatic heterocycles. The van der Waals surface area contributed by atoms with Crippen LogP contribution in [-0.4, -0.2) is 38.7 Å². The molecule has 2 fully saturated rings. The number of carbonyl (C=O) groups is 1. The molecule has 6 heteroatoms. The van der Waals surface area contributed by atoms with Gasteiger partial charge in [-0.3, -0.25) is 9.48 Å². The minimum atomic E-state index is -0.0835. The fraction of sp³-hybridized carbons (Fsp3) is 0.318. The molecule has 0 unspecified atom stereocenters. The van der Waals surface area contributed by atoms with Crippen LogP contribution < -0.4 is 5.32 Å². The number of nitrogens with zero attached hydrogens (tertiary/aromatic N) is 4. The highest BCUT2D eigenvalue weighted by Gasteiger charge is 2.46. The number of aryl methyl sites for hydroxylation is 1. The maximum atomic E-state index is 12.9. The Hall–Kier alpha value is -3.33. The molecule has 6 nitrogen and oxygen atoms in total. The van der Waals surface area contributed by atoms with E-state index in [2.05, 4.69) is 16.6 Å². The van der Waals surface area contributed by atoms with E-state index in [1.807, 2.05) is 65.2 Å². The number of aromatic nitrogens is 2. The first-order valence-electron chi connectivity index (χ1n) is 9.67. The van der Waals surface area contributed by atoms with Crippen molar-refractivity contribution in [3.8, 4) is 17.5 Å². The molecule has 3 heterocycles. The van der Waals surface area contributed by atoms with Crippen molar-refractivity contribution in [2.24, 2.45) is 7.05 Å². The lowest BCUT2D eigenvalue weighted by Crippen LogP contribution is -2.43. The van der Waals surface area contributed by atoms with Gasteiger partial charge in [-0.05, 0) is 37.5 Å². The van der Waals surface area contributed by atoms with Crippen LogP contribution in [0.5, 0.6) is 0 Å². The molecule has 2 saturated heterocycles. The first-order valence-corrected chi connectivity index (χ1v) is 9.67. The number of fused-ring (bicyclic) bond motifs is 3. The number of amides is 1. The van der Waals surface area contributed by atoms with Gasteiger partial charge in [0, 0.05) is 29.6 Å². The first-order chi connectivity index (χ1) is 13.7. The van der Waals surface area contributed by atoms with Crippen LogP contribution in [0.1, 0.15) is 29.6 Å². The van der Waals surface area contributed by atoms with E-state index in [-0.39, 0.29) is 24.0 Å². The molecule has 2 aromatic carbocycles. The Morgan fingerprint density at radius 2 is 2.04 bits per heavy atom. The van der Waals surface area contributed by atoms with Crippen molar-refractivity contribution in [2.75, 3.05) is 0 Å². The zero-order valence-electron chi connectivity index (χ0n) is 15.7. The summed E-state index contributed by atoms with van der Waals surface area (Å²) in [6.45, 7) is 0. The summed E-state index contributed by atoms with van der Waals surface area (Å²) >= 11 is 0. The van der Waals surface area contributed by atoms with E-state index in [0.29, 0.717) is 5.56 Å². The number of rotatable bonds is 3. The summed E-state index contributed by atoms with van der Waals surface area (Å²) in [4.78, 5) is 14.7. The van der Waals surface area contributed by atoms with Crippen molar-refractivity contribution in [3.05, 3.63) is 54.1 Å². The molecule has 0 saturated carbocycles. The predicted octanol–water partition coefficient (Wildman–Crippen LogP) is 3.06. The largest absolute Gasteiger partial charge is 0.347 e. The van der Waals surface area contributed by atoms with Crippen molar-refractivity contribution in [1.82, 2.24) is 20.0 Å². The molecule has 3 aromatic rings. The number of hydrogen-bond acceptors (Lipinski definition) is 4. The van der Waals surface area contributed by atoms with Gasteiger partial charge in [0.1, 0.15) is 5.69 Å². The van der Waals surface area contributed by atoms with Gasteiger partial charge in [0.15, 0.2) is 6.19 Å². The Balaban J connectivity index is 1.42. The Bertz CT molecular complexity index is 1100. The van der Waals surface area contributed by atoms with Crippen molar-refractivity contribution in [2.45, 2.75) is 37.4 Å². The van der Waals surface area contributed by atoms with Crippen LogP contribution >= 0.6 is 0 Å². The quantitative estimate of drug-likeness (QED) is 0.718. The van der Waals surface area contributed by atoms with Crippen molar-refractivity contribution in [3.63, 3.8) is 0 Å². The topological polar surface area (TPSA) is 74.0 Å². The molecule has 0 spiro atoms. The van der Waals surface area contributed by atoms with Crippen molar-refractivity contribution in [1.29, 1.82) is 5.26 Å². The summed E-state index contributed by atoms with van der Waals surface area (Å²) in [5.41, 5.74) is 3.53. The third kappa shape index (κ3) is 2.55. The SMILES string of the molecule is Cn1nc(-c2ccccc2)c2ccc(C(=O)N[C@@H]3C[C@@H]4CC[C@H]3N4C#N)cc21. The van der Waals surface area contributed by atoms with Crippen LogP contribution in [0.3, 0.4) is 0 Å². The molecule has 0 aliphatic carbocycles. The molecule has 1 aromatic heterocycles. The molecular weight excluding hydrogens is 350 g/mol. The van der Waals surface area contributed by atoms with Gasteiger partial charge >= 0.3 is 0 Å². The standard InChI is InChI=1S/C22H21N5O/c1-26-20-11-15(7-9-17(20)21(25-26)14-5-3-2-4-6-14)22(28)24-18-12-16-8-10-19(18)27(16)13-23/h2-7,9,11,16,18-19H,8,10,12H2,1H3,(H,24,28)/t16-,18+,19+/m0/s1. The van der Waals surface area contributed by atoms with Crippen LogP contribution in [0.2, 0.25) is 0 Å². The number of benzene rings is 2. The van der Waals surface area contributed by atoms with E-state index in [4.69, 9.17) is 0 Å². The molecule has 3 atom stereocenters. The molecule has 1 N–H and O–H groups in total. The molecule has 28 heavy (non-hydrogen) atoms. The van der Waals surface area contributed by atoms with E-state index < -0.39 is 0 Å². The summed E-state index contributed by atoms with van der Waals surface area (Å²) in [6, 6.07) is 16.3. The second-order valence-electron chi connectivity index (χ2n) is 7.69. The fourth-order valence-corrected chi connectivity index (χ4v) is 4.76. The summed E-state index contributed by atoms with van der Waals surface area (Å²) in [5, 5.41) is 18.2. The highest BCUT2D eigenvalue weighted by molar-refractivity contribution is 6.01. The molecular formula is C22H21N5O. The second-order valence-corrected chi connectivity index (χ2v) is 7.69. The number of hydrogen-bond donors (Lipinski definition) is 1. The van der Waals surface area contributed by atoms with Gasteiger partial charge in [-0.25, -0.2) is 0 Å². The minimum absolute atomic E-state index is 0.0491. The van der Waals surface area contributed by atoms with Gasteiger partial charge in [0.05, 0.1) is 17.6 Å². The van der Waals surface area contributed by atoms with Crippen LogP contribution in [-0.2, 0) is 7.05 Å². The average Bonchev–Trinajstić information content (AvgIpc) is 3.38. The summed E-state index contributed by atoms with van der Waals surface area (Å²) in [6.07, 6.45) is 5.17. The maximum Gasteiger partial charge on any atom is 0.251 e. The first kappa shape index (κ1) is 16.8. The van der Waals surface area contributed by atoms with Crippen molar-refractivity contribution < 1.29 is 4.79 Å². The number of nitriles is 1. The van der Waals surface area contributed by atoms with Gasteiger partial charge in [0.2, 0.25) is 0 Å². The van der Waals surface area contributed by atoms with Crippen LogP contribution in [0.15, 0.2) is 48.5 Å². The summed E-state index contributed by atoms with van der Waals surface area (Å²) in [5.74, 6) is -0.0835. The highest BCUT2D eigenvalue weighted by atomic mass is 16.1. The monoisotopic (exact) mass is 371 g/mol. The third-order valence-electron chi connectivity index (χ3n) is 6.13. The fourth-order valence-electron chi connectivity index (χ4n) is 4.76. The highest BCUT2D eigenvalue weighted by Crippen LogP contribution is 2.37. The molecule has 1 amide bonds. The second kappa shape index (κ2) is 6.38. The molecule has 0 radical (unpaired) electrons. The normalized spacial score (nSPS) is 23.1. The van der Waals surface area contributed by atoms with E-state index in [1.54, 1.807) is 0 Å². The van der Waals surface area contributed by atoms with Gasteiger partial charge < -0.3 is 10.2 Å². The lowest BCUT2D eigenvalue weighted by molar-refractivity contribution is 0.0928.